The van der Waals surface area contributed by atoms with E-state index in [1.165, 1.54) is 89.9 Å². The number of carbonyl (C=O) groups excluding carboxylic acids is 2. The minimum atomic E-state index is -0.0212. The fraction of sp³-hybridized carbons (Fsp3) is 0.920. The minimum absolute atomic E-state index is 0.00795. The number of ether oxygens (including phenoxy) is 2. The number of carbonyl (C=O) groups is 2. The van der Waals surface area contributed by atoms with Gasteiger partial charge in [0.2, 0.25) is 0 Å². The number of hydrogen-bond donors (Lipinski definition) is 1. The predicted octanol–water partition coefficient (Wildman–Crippen LogP) is 7.33. The maximum absolute atomic E-state index is 11.6. The van der Waals surface area contributed by atoms with E-state index >= 15 is 0 Å². The largest absolute Gasteiger partial charge is 0.516 e. The van der Waals surface area contributed by atoms with Gasteiger partial charge in [-0.1, -0.05) is 96.8 Å². The molecule has 0 heterocycles. The topological polar surface area (TPSA) is 61.8 Å². The van der Waals surface area contributed by atoms with Crippen LogP contribution in [0.3, 0.4) is 0 Å². The fourth-order valence-corrected chi connectivity index (χ4v) is 4.33. The highest BCUT2D eigenvalue weighted by Gasteiger charge is 2.04. The third-order valence-electron chi connectivity index (χ3n) is 5.41. The van der Waals surface area contributed by atoms with E-state index in [0.717, 1.165) is 25.3 Å². The molecule has 0 spiro atoms. The molecule has 0 bridgehead atoms. The van der Waals surface area contributed by atoms with Crippen molar-refractivity contribution in [1.82, 2.24) is 0 Å². The van der Waals surface area contributed by atoms with Crippen LogP contribution in [0.1, 0.15) is 122 Å². The van der Waals surface area contributed by atoms with Gasteiger partial charge in [0.25, 0.3) is 5.97 Å². The zero-order valence-electron chi connectivity index (χ0n) is 21.1. The van der Waals surface area contributed by atoms with Crippen molar-refractivity contribution in [2.75, 3.05) is 14.2 Å². The van der Waals surface area contributed by atoms with Gasteiger partial charge in [-0.25, -0.2) is 0 Å². The predicted molar refractivity (Wildman–Crippen MR) is 139 cm³/mol. The molecule has 0 aliphatic heterocycles. The van der Waals surface area contributed by atoms with Crippen LogP contribution in [-0.4, -0.2) is 41.9 Å². The monoisotopic (exact) mass is 490 g/mol. The van der Waals surface area contributed by atoms with E-state index in [1.807, 2.05) is 0 Å². The molecule has 0 fully saturated rings. The average molecular weight is 491 g/mol. The average Bonchev–Trinajstić information content (AvgIpc) is 2.79. The molecule has 0 aromatic carbocycles. The first-order valence-electron chi connectivity index (χ1n) is 12.7. The molecule has 0 atom stereocenters. The molecule has 0 saturated carbocycles. The zero-order chi connectivity index (χ0) is 24.1. The highest BCUT2D eigenvalue weighted by molar-refractivity contribution is 7.94. The van der Waals surface area contributed by atoms with Crippen LogP contribution in [0.25, 0.3) is 0 Å². The molecule has 0 aromatic heterocycles. The molecular formula is C25H50O5SSi. The first kappa shape index (κ1) is 33.8. The zero-order valence-corrected chi connectivity index (χ0v) is 23.0. The SMILES string of the molecule is CCCC[Si]OC(=O)CCCCCCCCCCCCCCCCC(OC)OC.O=CS. The van der Waals surface area contributed by atoms with Crippen molar-refractivity contribution in [3.05, 3.63) is 0 Å². The Bertz CT molecular complexity index is 381. The molecule has 2 radical (unpaired) electrons. The molecule has 7 heteroatoms. The smallest absolute Gasteiger partial charge is 0.314 e. The van der Waals surface area contributed by atoms with E-state index in [1.54, 1.807) is 14.2 Å². The Morgan fingerprint density at radius 1 is 0.781 bits per heavy atom. The number of methoxy groups -OCH3 is 2. The third-order valence-corrected chi connectivity index (χ3v) is 6.34. The van der Waals surface area contributed by atoms with Crippen LogP contribution < -0.4 is 0 Å². The van der Waals surface area contributed by atoms with Crippen LogP contribution >= 0.6 is 12.6 Å². The Morgan fingerprint density at radius 2 is 1.19 bits per heavy atom. The summed E-state index contributed by atoms with van der Waals surface area (Å²) < 4.78 is 15.7. The van der Waals surface area contributed by atoms with Crippen molar-refractivity contribution < 1.29 is 23.5 Å². The van der Waals surface area contributed by atoms with Gasteiger partial charge in [-0.3, -0.25) is 9.59 Å². The molecule has 0 aliphatic carbocycles. The lowest BCUT2D eigenvalue weighted by molar-refractivity contribution is -0.134. The van der Waals surface area contributed by atoms with Crippen molar-refractivity contribution in [1.29, 1.82) is 0 Å². The number of rotatable bonds is 23. The Hall–Kier alpha value is -0.373. The molecule has 0 amide bonds. The van der Waals surface area contributed by atoms with Gasteiger partial charge in [-0.05, 0) is 25.3 Å². The molecule has 0 N–H and O–H groups in total. The lowest BCUT2D eigenvalue weighted by atomic mass is 10.0. The first-order chi connectivity index (χ1) is 15.7. The Balaban J connectivity index is 0. The van der Waals surface area contributed by atoms with E-state index in [-0.39, 0.29) is 12.3 Å². The third kappa shape index (κ3) is 29.6. The maximum atomic E-state index is 11.6. The van der Waals surface area contributed by atoms with Gasteiger partial charge in [0.05, 0.1) is 0 Å². The summed E-state index contributed by atoms with van der Waals surface area (Å²) in [6.45, 7) is 2.16. The molecule has 0 aromatic rings. The highest BCUT2D eigenvalue weighted by atomic mass is 32.1. The van der Waals surface area contributed by atoms with E-state index < -0.39 is 0 Å². The molecule has 32 heavy (non-hydrogen) atoms. The van der Waals surface area contributed by atoms with Gasteiger partial charge < -0.3 is 13.9 Å². The van der Waals surface area contributed by atoms with Crippen LogP contribution in [0.2, 0.25) is 6.04 Å². The number of unbranched alkanes of at least 4 members (excludes halogenated alkanes) is 14. The van der Waals surface area contributed by atoms with Crippen LogP contribution in [-0.2, 0) is 23.5 Å². The summed E-state index contributed by atoms with van der Waals surface area (Å²) in [6, 6.07) is 1.03. The summed E-state index contributed by atoms with van der Waals surface area (Å²) in [5.41, 5.74) is 0.444. The lowest BCUT2D eigenvalue weighted by Gasteiger charge is -2.12. The maximum Gasteiger partial charge on any atom is 0.314 e. The van der Waals surface area contributed by atoms with E-state index in [2.05, 4.69) is 19.6 Å². The second-order valence-electron chi connectivity index (χ2n) is 8.22. The van der Waals surface area contributed by atoms with E-state index in [0.29, 0.717) is 21.8 Å². The first-order valence-corrected chi connectivity index (χ1v) is 14.3. The van der Waals surface area contributed by atoms with E-state index in [4.69, 9.17) is 18.7 Å². The van der Waals surface area contributed by atoms with Gasteiger partial charge in [0, 0.05) is 20.6 Å². The molecule has 0 rings (SSSR count). The number of hydrogen-bond acceptors (Lipinski definition) is 5. The van der Waals surface area contributed by atoms with Crippen molar-refractivity contribution in [2.24, 2.45) is 0 Å². The Labute approximate surface area is 206 Å². The van der Waals surface area contributed by atoms with Crippen molar-refractivity contribution in [3.8, 4) is 0 Å². The summed E-state index contributed by atoms with van der Waals surface area (Å²) >= 11 is 3.11. The van der Waals surface area contributed by atoms with Crippen LogP contribution in [0.4, 0.5) is 0 Å². The summed E-state index contributed by atoms with van der Waals surface area (Å²) in [5, 5.41) is 0. The fourth-order valence-electron chi connectivity index (χ4n) is 3.47. The van der Waals surface area contributed by atoms with Gasteiger partial charge in [0.1, 0.15) is 0 Å². The molecule has 0 unspecified atom stereocenters. The quantitative estimate of drug-likeness (QED) is 0.0534. The summed E-state index contributed by atoms with van der Waals surface area (Å²) in [6.07, 6.45) is 22.1. The van der Waals surface area contributed by atoms with Crippen molar-refractivity contribution >= 4 is 34.0 Å². The number of thiol groups is 1. The molecular weight excluding hydrogens is 440 g/mol. The summed E-state index contributed by atoms with van der Waals surface area (Å²) in [7, 11) is 3.79. The molecule has 190 valence electrons. The van der Waals surface area contributed by atoms with Crippen LogP contribution in [0.5, 0.6) is 0 Å². The molecule has 0 saturated heterocycles. The lowest BCUT2D eigenvalue weighted by Crippen LogP contribution is -2.12. The highest BCUT2D eigenvalue weighted by Crippen LogP contribution is 2.14. The van der Waals surface area contributed by atoms with Gasteiger partial charge in [-0.2, -0.15) is 0 Å². The van der Waals surface area contributed by atoms with Gasteiger partial charge >= 0.3 is 9.76 Å². The second kappa shape index (κ2) is 30.6. The van der Waals surface area contributed by atoms with Gasteiger partial charge in [-0.15, -0.1) is 12.6 Å². The van der Waals surface area contributed by atoms with Crippen LogP contribution in [0.15, 0.2) is 0 Å². The summed E-state index contributed by atoms with van der Waals surface area (Å²) in [4.78, 5) is 20.2. The standard InChI is InChI=1S/C24H48O4Si.CH2OS/c1-4-5-22-29-28-23(25)20-18-16-14-12-10-8-6-7-9-11-13-15-17-19-21-24(26-2)27-3;2-1-3/h24H,4-22H2,1-3H3;1H,(H,2,3). The van der Waals surface area contributed by atoms with Gasteiger partial charge in [0.15, 0.2) is 11.9 Å². The van der Waals surface area contributed by atoms with Crippen molar-refractivity contribution in [2.45, 2.75) is 135 Å². The second-order valence-corrected chi connectivity index (χ2v) is 9.42. The van der Waals surface area contributed by atoms with E-state index in [9.17, 15) is 4.79 Å². The minimum Gasteiger partial charge on any atom is -0.516 e. The van der Waals surface area contributed by atoms with Crippen LogP contribution in [0, 0.1) is 0 Å². The summed E-state index contributed by atoms with van der Waals surface area (Å²) in [5.74, 6) is 0.00795. The molecule has 0 aliphatic rings. The normalized spacial score (nSPS) is 10.7. The Kier molecular flexibility index (Phi) is 32.3. The van der Waals surface area contributed by atoms with Crippen molar-refractivity contribution in [3.63, 3.8) is 0 Å². The Morgan fingerprint density at radius 3 is 1.59 bits per heavy atom. The molecule has 5 nitrogen and oxygen atoms in total.